The van der Waals surface area contributed by atoms with Gasteiger partial charge in [0.2, 0.25) is 5.91 Å². The first kappa shape index (κ1) is 19.5. The van der Waals surface area contributed by atoms with E-state index >= 15 is 0 Å². The molecule has 1 atom stereocenters. The summed E-state index contributed by atoms with van der Waals surface area (Å²) in [7, 11) is 0. The van der Waals surface area contributed by atoms with Crippen LogP contribution in [0, 0.1) is 5.92 Å². The molecule has 4 nitrogen and oxygen atoms in total. The molecule has 0 aromatic rings. The van der Waals surface area contributed by atoms with Crippen molar-refractivity contribution < 1.29 is 4.79 Å². The Kier molecular flexibility index (Phi) is 8.07. The van der Waals surface area contributed by atoms with E-state index in [-0.39, 0.29) is 5.91 Å². The predicted molar refractivity (Wildman–Crippen MR) is 98.5 cm³/mol. The van der Waals surface area contributed by atoms with Crippen LogP contribution in [0.1, 0.15) is 53.9 Å². The smallest absolute Gasteiger partial charge is 0.219 e. The number of nitrogens with zero attached hydrogens (tertiary/aromatic N) is 3. The minimum atomic E-state index is 0.170. The lowest BCUT2D eigenvalue weighted by atomic mass is 10.0. The van der Waals surface area contributed by atoms with Crippen molar-refractivity contribution in [2.75, 3.05) is 26.2 Å². The minimum Gasteiger partial charge on any atom is -0.372 e. The van der Waals surface area contributed by atoms with Crippen LogP contribution < -0.4 is 0 Å². The molecule has 1 amide bonds. The van der Waals surface area contributed by atoms with Crippen molar-refractivity contribution in [3.05, 3.63) is 24.0 Å². The molecule has 0 saturated carbocycles. The first-order valence-electron chi connectivity index (χ1n) is 8.73. The zero-order valence-corrected chi connectivity index (χ0v) is 15.6. The molecule has 1 heterocycles. The van der Waals surface area contributed by atoms with Crippen molar-refractivity contribution in [1.29, 1.82) is 0 Å². The Morgan fingerprint density at radius 2 is 1.70 bits per heavy atom. The van der Waals surface area contributed by atoms with Crippen LogP contribution in [-0.2, 0) is 4.79 Å². The Balaban J connectivity index is 2.40. The average Bonchev–Trinajstić information content (AvgIpc) is 2.56. The molecule has 1 unspecified atom stereocenters. The maximum Gasteiger partial charge on any atom is 0.219 e. The number of hydrogen-bond acceptors (Lipinski definition) is 3. The third-order valence-electron chi connectivity index (χ3n) is 4.79. The topological polar surface area (TPSA) is 35.9 Å². The molecule has 0 N–H and O–H groups in total. The Labute approximate surface area is 141 Å². The summed E-state index contributed by atoms with van der Waals surface area (Å²) < 4.78 is 0. The van der Waals surface area contributed by atoms with Crippen molar-refractivity contribution in [3.8, 4) is 0 Å². The summed E-state index contributed by atoms with van der Waals surface area (Å²) in [4.78, 5) is 20.1. The van der Waals surface area contributed by atoms with Gasteiger partial charge >= 0.3 is 0 Å². The highest BCUT2D eigenvalue weighted by Gasteiger charge is 2.19. The van der Waals surface area contributed by atoms with Crippen LogP contribution in [0.25, 0.3) is 0 Å². The van der Waals surface area contributed by atoms with Gasteiger partial charge in [0.05, 0.1) is 0 Å². The molecule has 0 aliphatic carbocycles. The number of piperazine rings is 1. The van der Waals surface area contributed by atoms with Crippen LogP contribution >= 0.6 is 0 Å². The van der Waals surface area contributed by atoms with Gasteiger partial charge in [-0.3, -0.25) is 9.79 Å². The van der Waals surface area contributed by atoms with Gasteiger partial charge in [-0.15, -0.1) is 0 Å². The van der Waals surface area contributed by atoms with E-state index in [4.69, 9.17) is 0 Å². The van der Waals surface area contributed by atoms with E-state index in [9.17, 15) is 4.79 Å². The molecular formula is C19H33N3O. The van der Waals surface area contributed by atoms with Gasteiger partial charge in [0.15, 0.2) is 0 Å². The van der Waals surface area contributed by atoms with E-state index in [1.54, 1.807) is 6.92 Å². The molecule has 0 radical (unpaired) electrons. The number of carbonyl (C=O) groups is 1. The number of carbonyl (C=O) groups excluding carboxylic acids is 1. The molecule has 1 aliphatic heterocycles. The first-order chi connectivity index (χ1) is 10.8. The van der Waals surface area contributed by atoms with Crippen LogP contribution in [0.2, 0.25) is 0 Å². The second-order valence-corrected chi connectivity index (χ2v) is 6.61. The summed E-state index contributed by atoms with van der Waals surface area (Å²) in [5.74, 6) is 0.718. The molecule has 0 bridgehead atoms. The molecule has 23 heavy (non-hydrogen) atoms. The third-order valence-corrected chi connectivity index (χ3v) is 4.79. The molecule has 1 fully saturated rings. The van der Waals surface area contributed by atoms with Crippen LogP contribution in [0.3, 0.4) is 0 Å². The summed E-state index contributed by atoms with van der Waals surface area (Å²) in [5.41, 5.74) is 3.66. The lowest BCUT2D eigenvalue weighted by Crippen LogP contribution is -2.47. The largest absolute Gasteiger partial charge is 0.372 e. The Morgan fingerprint density at radius 1 is 1.13 bits per heavy atom. The average molecular weight is 319 g/mol. The van der Waals surface area contributed by atoms with Gasteiger partial charge in [-0.05, 0) is 39.0 Å². The van der Waals surface area contributed by atoms with Crippen molar-refractivity contribution in [3.63, 3.8) is 0 Å². The summed E-state index contributed by atoms with van der Waals surface area (Å²) in [6.07, 6.45) is 5.08. The molecule has 0 aromatic carbocycles. The molecule has 130 valence electrons. The van der Waals surface area contributed by atoms with Crippen molar-refractivity contribution in [2.24, 2.45) is 10.9 Å². The van der Waals surface area contributed by atoms with Crippen LogP contribution in [0.4, 0.5) is 0 Å². The number of rotatable bonds is 7. The van der Waals surface area contributed by atoms with Crippen LogP contribution in [-0.4, -0.2) is 47.6 Å². The van der Waals surface area contributed by atoms with Gasteiger partial charge in [0, 0.05) is 50.7 Å². The number of hydrogen-bond donors (Lipinski definition) is 0. The van der Waals surface area contributed by atoms with Gasteiger partial charge in [0.25, 0.3) is 0 Å². The van der Waals surface area contributed by atoms with E-state index < -0.39 is 0 Å². The van der Waals surface area contributed by atoms with Gasteiger partial charge < -0.3 is 9.80 Å². The molecule has 1 aliphatic rings. The van der Waals surface area contributed by atoms with E-state index in [1.807, 2.05) is 11.1 Å². The zero-order chi connectivity index (χ0) is 17.4. The quantitative estimate of drug-likeness (QED) is 0.668. The fourth-order valence-corrected chi connectivity index (χ4v) is 2.54. The molecule has 4 heteroatoms. The van der Waals surface area contributed by atoms with E-state index in [2.05, 4.69) is 44.2 Å². The highest BCUT2D eigenvalue weighted by Crippen LogP contribution is 2.16. The number of allylic oxidation sites excluding steroid dienone is 2. The Morgan fingerprint density at radius 3 is 2.22 bits per heavy atom. The molecule has 1 rings (SSSR count). The standard InChI is InChI=1S/C19H33N3O/c1-7-16(3)18(5)20-14-15(2)8-9-17(4)21-10-12-22(13-11-21)19(6)23/h14,16H,4,7-13H2,1-3,5-6H3/b15-14+,20-18?. The highest BCUT2D eigenvalue weighted by atomic mass is 16.2. The SMILES string of the molecule is C=C(CC/C(C)=C/N=C(C)C(C)CC)N1CCN(C(C)=O)CC1. The summed E-state index contributed by atoms with van der Waals surface area (Å²) in [5, 5.41) is 0. The van der Waals surface area contributed by atoms with Gasteiger partial charge in [0.1, 0.15) is 0 Å². The lowest BCUT2D eigenvalue weighted by Gasteiger charge is -2.36. The highest BCUT2D eigenvalue weighted by molar-refractivity contribution is 5.84. The molecular weight excluding hydrogens is 286 g/mol. The normalized spacial score (nSPS) is 18.1. The number of amides is 1. The second kappa shape index (κ2) is 9.53. The van der Waals surface area contributed by atoms with Gasteiger partial charge in [-0.1, -0.05) is 26.0 Å². The van der Waals surface area contributed by atoms with E-state index in [1.165, 1.54) is 17.0 Å². The molecule has 0 aromatic heterocycles. The maximum atomic E-state index is 11.4. The van der Waals surface area contributed by atoms with Gasteiger partial charge in [-0.25, -0.2) is 0 Å². The third kappa shape index (κ3) is 6.59. The first-order valence-corrected chi connectivity index (χ1v) is 8.73. The molecule has 0 spiro atoms. The predicted octanol–water partition coefficient (Wildman–Crippen LogP) is 3.86. The van der Waals surface area contributed by atoms with Crippen molar-refractivity contribution in [1.82, 2.24) is 9.80 Å². The van der Waals surface area contributed by atoms with Crippen LogP contribution in [0.15, 0.2) is 29.0 Å². The van der Waals surface area contributed by atoms with Crippen LogP contribution in [0.5, 0.6) is 0 Å². The summed E-state index contributed by atoms with van der Waals surface area (Å²) >= 11 is 0. The summed E-state index contributed by atoms with van der Waals surface area (Å²) in [6, 6.07) is 0. The maximum absolute atomic E-state index is 11.4. The van der Waals surface area contributed by atoms with E-state index in [0.717, 1.165) is 45.4 Å². The van der Waals surface area contributed by atoms with Gasteiger partial charge in [-0.2, -0.15) is 0 Å². The fraction of sp³-hybridized carbons (Fsp3) is 0.684. The fourth-order valence-electron chi connectivity index (χ4n) is 2.54. The van der Waals surface area contributed by atoms with Crippen molar-refractivity contribution >= 4 is 11.6 Å². The van der Waals surface area contributed by atoms with Crippen molar-refractivity contribution in [2.45, 2.75) is 53.9 Å². The molecule has 1 saturated heterocycles. The lowest BCUT2D eigenvalue weighted by molar-refractivity contribution is -0.130. The minimum absolute atomic E-state index is 0.170. The Bertz CT molecular complexity index is 471. The number of aliphatic imine (C=N–C) groups is 1. The monoisotopic (exact) mass is 319 g/mol. The zero-order valence-electron chi connectivity index (χ0n) is 15.6. The second-order valence-electron chi connectivity index (χ2n) is 6.61. The Hall–Kier alpha value is -1.58. The summed E-state index contributed by atoms with van der Waals surface area (Å²) in [6.45, 7) is 17.9. The van der Waals surface area contributed by atoms with E-state index in [0.29, 0.717) is 5.92 Å².